The quantitative estimate of drug-likeness (QED) is 0.909. The van der Waals surface area contributed by atoms with Crippen LogP contribution in [0.3, 0.4) is 0 Å². The summed E-state index contributed by atoms with van der Waals surface area (Å²) in [6.07, 6.45) is 1.18. The Balaban J connectivity index is 1.88. The number of ether oxygens (including phenoxy) is 1. The number of aromatic nitrogens is 2. The molecule has 1 aliphatic rings. The van der Waals surface area contributed by atoms with Gasteiger partial charge in [0.1, 0.15) is 10.2 Å². The average Bonchev–Trinajstić information content (AvgIpc) is 3.09. The number of carboxylic acids is 1. The SMILES string of the molecule is COCC1(C(=O)O)CCCN(C(=O)c2cc3c(C)nn(C)c3s2)C1. The first-order valence-corrected chi connectivity index (χ1v) is 8.64. The van der Waals surface area contributed by atoms with E-state index >= 15 is 0 Å². The topological polar surface area (TPSA) is 84.7 Å². The number of likely N-dealkylation sites (tertiary alicyclic amines) is 1. The zero-order chi connectivity index (χ0) is 17.5. The van der Waals surface area contributed by atoms with Crippen LogP contribution in [0.5, 0.6) is 0 Å². The van der Waals surface area contributed by atoms with Crippen molar-refractivity contribution in [2.24, 2.45) is 12.5 Å². The van der Waals surface area contributed by atoms with E-state index in [1.165, 1.54) is 18.4 Å². The maximum absolute atomic E-state index is 12.9. The van der Waals surface area contributed by atoms with Crippen LogP contribution in [0.15, 0.2) is 6.07 Å². The van der Waals surface area contributed by atoms with E-state index in [1.807, 2.05) is 20.0 Å². The molecule has 3 heterocycles. The Morgan fingerprint density at radius 1 is 1.50 bits per heavy atom. The molecule has 130 valence electrons. The summed E-state index contributed by atoms with van der Waals surface area (Å²) in [4.78, 5) is 27.8. The fraction of sp³-hybridized carbons (Fsp3) is 0.562. The van der Waals surface area contributed by atoms with Crippen molar-refractivity contribution >= 4 is 33.4 Å². The Labute approximate surface area is 143 Å². The van der Waals surface area contributed by atoms with E-state index in [0.29, 0.717) is 24.3 Å². The number of hydrogen-bond acceptors (Lipinski definition) is 5. The van der Waals surface area contributed by atoms with Gasteiger partial charge in [0.15, 0.2) is 0 Å². The molecule has 24 heavy (non-hydrogen) atoms. The van der Waals surface area contributed by atoms with Crippen molar-refractivity contribution in [2.75, 3.05) is 26.8 Å². The summed E-state index contributed by atoms with van der Waals surface area (Å²) in [5.41, 5.74) is -0.128. The molecule has 1 fully saturated rings. The Hall–Kier alpha value is -1.93. The summed E-state index contributed by atoms with van der Waals surface area (Å²) in [5, 5.41) is 14.9. The number of amides is 1. The Bertz CT molecular complexity index is 758. The average molecular weight is 351 g/mol. The summed E-state index contributed by atoms with van der Waals surface area (Å²) < 4.78 is 6.89. The minimum Gasteiger partial charge on any atom is -0.481 e. The molecule has 0 spiro atoms. The third-order valence-corrected chi connectivity index (χ3v) is 5.84. The van der Waals surface area contributed by atoms with Crippen LogP contribution in [0.2, 0.25) is 0 Å². The number of carbonyl (C=O) groups excluding carboxylic acids is 1. The van der Waals surface area contributed by atoms with E-state index in [4.69, 9.17) is 4.74 Å². The molecule has 2 aromatic heterocycles. The molecule has 1 amide bonds. The molecular weight excluding hydrogens is 330 g/mol. The van der Waals surface area contributed by atoms with Crippen LogP contribution >= 0.6 is 11.3 Å². The lowest BCUT2D eigenvalue weighted by atomic mass is 9.80. The summed E-state index contributed by atoms with van der Waals surface area (Å²) in [5.74, 6) is -1.02. The monoisotopic (exact) mass is 351 g/mol. The van der Waals surface area contributed by atoms with Gasteiger partial charge in [-0.15, -0.1) is 11.3 Å². The number of carboxylic acid groups (broad SMARTS) is 1. The molecule has 7 nitrogen and oxygen atoms in total. The first kappa shape index (κ1) is 16.9. The molecule has 1 unspecified atom stereocenters. The number of piperidine rings is 1. The smallest absolute Gasteiger partial charge is 0.313 e. The Kier molecular flexibility index (Phi) is 4.35. The lowest BCUT2D eigenvalue weighted by Gasteiger charge is -2.39. The van der Waals surface area contributed by atoms with Gasteiger partial charge in [-0.1, -0.05) is 0 Å². The van der Waals surface area contributed by atoms with Crippen molar-refractivity contribution in [2.45, 2.75) is 19.8 Å². The van der Waals surface area contributed by atoms with Crippen molar-refractivity contribution in [3.05, 3.63) is 16.6 Å². The molecule has 0 aromatic carbocycles. The summed E-state index contributed by atoms with van der Waals surface area (Å²) in [6.45, 7) is 2.78. The molecule has 3 rings (SSSR count). The van der Waals surface area contributed by atoms with Crippen molar-refractivity contribution < 1.29 is 19.4 Å². The highest BCUT2D eigenvalue weighted by molar-refractivity contribution is 7.20. The second kappa shape index (κ2) is 6.18. The summed E-state index contributed by atoms with van der Waals surface area (Å²) in [7, 11) is 3.35. The number of aryl methyl sites for hydroxylation is 2. The second-order valence-electron chi connectivity index (χ2n) is 6.39. The number of methoxy groups -OCH3 is 1. The van der Waals surface area contributed by atoms with Gasteiger partial charge < -0.3 is 14.7 Å². The minimum absolute atomic E-state index is 0.113. The largest absolute Gasteiger partial charge is 0.481 e. The van der Waals surface area contributed by atoms with Crippen LogP contribution in [0.25, 0.3) is 10.2 Å². The number of thiophene rings is 1. The van der Waals surface area contributed by atoms with Crippen LogP contribution in [-0.2, 0) is 16.6 Å². The van der Waals surface area contributed by atoms with Crippen LogP contribution in [0.4, 0.5) is 0 Å². The first-order valence-electron chi connectivity index (χ1n) is 7.83. The molecule has 1 N–H and O–H groups in total. The molecule has 1 saturated heterocycles. The molecule has 0 bridgehead atoms. The molecule has 1 aliphatic heterocycles. The molecule has 0 aliphatic carbocycles. The van der Waals surface area contributed by atoms with Crippen LogP contribution < -0.4 is 0 Å². The van der Waals surface area contributed by atoms with Gasteiger partial charge in [-0.25, -0.2) is 0 Å². The molecule has 0 radical (unpaired) electrons. The van der Waals surface area contributed by atoms with Gasteiger partial charge in [0.2, 0.25) is 0 Å². The minimum atomic E-state index is -1.02. The van der Waals surface area contributed by atoms with E-state index in [0.717, 1.165) is 15.9 Å². The maximum atomic E-state index is 12.9. The van der Waals surface area contributed by atoms with Gasteiger partial charge in [-0.3, -0.25) is 14.3 Å². The van der Waals surface area contributed by atoms with E-state index in [2.05, 4.69) is 5.10 Å². The second-order valence-corrected chi connectivity index (χ2v) is 7.42. The van der Waals surface area contributed by atoms with Gasteiger partial charge in [0.05, 0.1) is 17.2 Å². The fourth-order valence-corrected chi connectivity index (χ4v) is 4.49. The van der Waals surface area contributed by atoms with E-state index in [-0.39, 0.29) is 19.1 Å². The molecule has 2 aromatic rings. The van der Waals surface area contributed by atoms with Gasteiger partial charge in [0, 0.05) is 32.6 Å². The van der Waals surface area contributed by atoms with E-state index in [1.54, 1.807) is 9.58 Å². The number of nitrogens with zero attached hydrogens (tertiary/aromatic N) is 3. The van der Waals surface area contributed by atoms with Gasteiger partial charge in [-0.05, 0) is 25.8 Å². The van der Waals surface area contributed by atoms with Crippen molar-refractivity contribution in [1.82, 2.24) is 14.7 Å². The predicted molar refractivity (Wildman–Crippen MR) is 90.4 cm³/mol. The van der Waals surface area contributed by atoms with E-state index < -0.39 is 11.4 Å². The summed E-state index contributed by atoms with van der Waals surface area (Å²) >= 11 is 1.40. The van der Waals surface area contributed by atoms with Crippen LogP contribution in [0, 0.1) is 12.3 Å². The van der Waals surface area contributed by atoms with Crippen molar-refractivity contribution in [3.63, 3.8) is 0 Å². The number of rotatable bonds is 4. The predicted octanol–water partition coefficient (Wildman–Crippen LogP) is 1.90. The highest BCUT2D eigenvalue weighted by Gasteiger charge is 2.44. The van der Waals surface area contributed by atoms with Crippen molar-refractivity contribution in [1.29, 1.82) is 0 Å². The normalized spacial score (nSPS) is 21.4. The first-order chi connectivity index (χ1) is 11.4. The molecule has 8 heteroatoms. The zero-order valence-electron chi connectivity index (χ0n) is 14.0. The van der Waals surface area contributed by atoms with Crippen LogP contribution in [0.1, 0.15) is 28.2 Å². The standard InChI is InChI=1S/C16H21N3O4S/c1-10-11-7-12(24-14(11)18(2)17-10)13(20)19-6-4-5-16(8-19,9-23-3)15(21)22/h7H,4-6,8-9H2,1-3H3,(H,21,22). The number of carbonyl (C=O) groups is 2. The zero-order valence-corrected chi connectivity index (χ0v) is 14.9. The number of fused-ring (bicyclic) bond motifs is 1. The van der Waals surface area contributed by atoms with Crippen molar-refractivity contribution in [3.8, 4) is 0 Å². The summed E-state index contributed by atoms with van der Waals surface area (Å²) in [6, 6.07) is 1.86. The molecular formula is C16H21N3O4S. The van der Waals surface area contributed by atoms with Gasteiger partial charge >= 0.3 is 5.97 Å². The van der Waals surface area contributed by atoms with E-state index in [9.17, 15) is 14.7 Å². The van der Waals surface area contributed by atoms with Gasteiger partial charge in [0.25, 0.3) is 5.91 Å². The van der Waals surface area contributed by atoms with Gasteiger partial charge in [-0.2, -0.15) is 5.10 Å². The lowest BCUT2D eigenvalue weighted by molar-refractivity contribution is -0.155. The Morgan fingerprint density at radius 2 is 2.25 bits per heavy atom. The molecule has 1 atom stereocenters. The third kappa shape index (κ3) is 2.69. The highest BCUT2D eigenvalue weighted by Crippen LogP contribution is 2.34. The van der Waals surface area contributed by atoms with Crippen LogP contribution in [-0.4, -0.2) is 58.5 Å². The fourth-order valence-electron chi connectivity index (χ4n) is 3.40. The molecule has 0 saturated carbocycles. The number of hydrogen-bond donors (Lipinski definition) is 1. The third-order valence-electron chi connectivity index (χ3n) is 4.65. The number of aliphatic carboxylic acids is 1. The Morgan fingerprint density at radius 3 is 2.88 bits per heavy atom. The lowest BCUT2D eigenvalue weighted by Crippen LogP contribution is -2.52. The highest BCUT2D eigenvalue weighted by atomic mass is 32.1. The maximum Gasteiger partial charge on any atom is 0.313 e.